The average Bonchev–Trinajstić information content (AvgIpc) is 3.06. The first-order chi connectivity index (χ1) is 12.0. The fourth-order valence-electron chi connectivity index (χ4n) is 2.32. The zero-order valence-corrected chi connectivity index (χ0v) is 15.7. The predicted octanol–water partition coefficient (Wildman–Crippen LogP) is 3.74. The molecule has 0 radical (unpaired) electrons. The standard InChI is InChI=1S/C18H20ClNO4S/c1-23-13-3-5-15(24-2)12(11-13)9-10-20-18(22)8-4-14(21)16-6-7-17(19)25-16/h3,5-7,11H,4,8-10H2,1-2H3,(H,20,22). The maximum Gasteiger partial charge on any atom is 0.220 e. The summed E-state index contributed by atoms with van der Waals surface area (Å²) in [6.45, 7) is 0.460. The van der Waals surface area contributed by atoms with Crippen molar-refractivity contribution in [1.82, 2.24) is 5.32 Å². The van der Waals surface area contributed by atoms with Crippen LogP contribution in [0.3, 0.4) is 0 Å². The summed E-state index contributed by atoms with van der Waals surface area (Å²) in [7, 11) is 3.21. The second-order valence-electron chi connectivity index (χ2n) is 5.30. The van der Waals surface area contributed by atoms with Crippen molar-refractivity contribution in [2.45, 2.75) is 19.3 Å². The summed E-state index contributed by atoms with van der Waals surface area (Å²) in [6.07, 6.45) is 0.940. The first-order valence-corrected chi connectivity index (χ1v) is 8.99. The Morgan fingerprint density at radius 2 is 1.92 bits per heavy atom. The molecule has 0 spiro atoms. The number of amides is 1. The van der Waals surface area contributed by atoms with E-state index in [1.54, 1.807) is 26.4 Å². The maximum atomic E-state index is 12.0. The first kappa shape index (κ1) is 19.3. The van der Waals surface area contributed by atoms with Gasteiger partial charge >= 0.3 is 0 Å². The van der Waals surface area contributed by atoms with Crippen LogP contribution >= 0.6 is 22.9 Å². The van der Waals surface area contributed by atoms with Crippen LogP contribution in [0.1, 0.15) is 28.1 Å². The molecule has 1 aromatic carbocycles. The molecule has 0 unspecified atom stereocenters. The second kappa shape index (κ2) is 9.44. The van der Waals surface area contributed by atoms with Crippen LogP contribution in [0, 0.1) is 0 Å². The lowest BCUT2D eigenvalue weighted by Gasteiger charge is -2.11. The average molecular weight is 382 g/mol. The van der Waals surface area contributed by atoms with Crippen molar-refractivity contribution in [3.8, 4) is 11.5 Å². The van der Waals surface area contributed by atoms with Crippen molar-refractivity contribution in [3.05, 3.63) is 45.1 Å². The Morgan fingerprint density at radius 3 is 2.56 bits per heavy atom. The van der Waals surface area contributed by atoms with Gasteiger partial charge in [-0.25, -0.2) is 0 Å². The highest BCUT2D eigenvalue weighted by molar-refractivity contribution is 7.18. The molecular weight excluding hydrogens is 362 g/mol. The van der Waals surface area contributed by atoms with Gasteiger partial charge in [-0.1, -0.05) is 11.6 Å². The van der Waals surface area contributed by atoms with E-state index in [0.717, 1.165) is 17.1 Å². The number of hydrogen-bond donors (Lipinski definition) is 1. The lowest BCUT2D eigenvalue weighted by Crippen LogP contribution is -2.26. The molecule has 1 N–H and O–H groups in total. The highest BCUT2D eigenvalue weighted by Gasteiger charge is 2.12. The third-order valence-electron chi connectivity index (χ3n) is 3.63. The third-order valence-corrected chi connectivity index (χ3v) is 4.90. The molecular formula is C18H20ClNO4S. The summed E-state index contributed by atoms with van der Waals surface area (Å²) in [6, 6.07) is 8.91. The van der Waals surface area contributed by atoms with E-state index in [1.165, 1.54) is 11.3 Å². The molecule has 134 valence electrons. The van der Waals surface area contributed by atoms with Crippen molar-refractivity contribution >= 4 is 34.6 Å². The summed E-state index contributed by atoms with van der Waals surface area (Å²) >= 11 is 7.04. The van der Waals surface area contributed by atoms with Gasteiger partial charge in [0.2, 0.25) is 5.91 Å². The summed E-state index contributed by atoms with van der Waals surface area (Å²) in [5.74, 6) is 1.27. The van der Waals surface area contributed by atoms with E-state index < -0.39 is 0 Å². The van der Waals surface area contributed by atoms with Crippen molar-refractivity contribution < 1.29 is 19.1 Å². The highest BCUT2D eigenvalue weighted by Crippen LogP contribution is 2.24. The number of ketones is 1. The molecule has 1 aromatic heterocycles. The van der Waals surface area contributed by atoms with E-state index in [4.69, 9.17) is 21.1 Å². The topological polar surface area (TPSA) is 64.6 Å². The molecule has 0 atom stereocenters. The molecule has 0 aliphatic carbocycles. The van der Waals surface area contributed by atoms with Crippen LogP contribution in [0.25, 0.3) is 0 Å². The van der Waals surface area contributed by atoms with Crippen LogP contribution in [0.2, 0.25) is 4.34 Å². The number of benzene rings is 1. The quantitative estimate of drug-likeness (QED) is 0.672. The van der Waals surface area contributed by atoms with Crippen molar-refractivity contribution in [2.24, 2.45) is 0 Å². The summed E-state index contributed by atoms with van der Waals surface area (Å²) in [5, 5.41) is 2.82. The van der Waals surface area contributed by atoms with Gasteiger partial charge in [0.05, 0.1) is 23.4 Å². The number of methoxy groups -OCH3 is 2. The summed E-state index contributed by atoms with van der Waals surface area (Å²) < 4.78 is 11.1. The minimum atomic E-state index is -0.155. The zero-order chi connectivity index (χ0) is 18.2. The number of rotatable bonds is 9. The Balaban J connectivity index is 1.78. The molecule has 2 rings (SSSR count). The van der Waals surface area contributed by atoms with E-state index in [0.29, 0.717) is 22.2 Å². The first-order valence-electron chi connectivity index (χ1n) is 7.79. The van der Waals surface area contributed by atoms with Crippen molar-refractivity contribution in [2.75, 3.05) is 20.8 Å². The van der Waals surface area contributed by atoms with Crippen molar-refractivity contribution in [1.29, 1.82) is 0 Å². The van der Waals surface area contributed by atoms with Gasteiger partial charge in [0.15, 0.2) is 5.78 Å². The Morgan fingerprint density at radius 1 is 1.12 bits per heavy atom. The largest absolute Gasteiger partial charge is 0.497 e. The van der Waals surface area contributed by atoms with E-state index in [2.05, 4.69) is 5.32 Å². The number of Topliss-reactive ketones (excluding diaryl/α,β-unsaturated/α-hetero) is 1. The van der Waals surface area contributed by atoms with Crippen LogP contribution in [-0.2, 0) is 11.2 Å². The molecule has 25 heavy (non-hydrogen) atoms. The van der Waals surface area contributed by atoms with E-state index in [9.17, 15) is 9.59 Å². The molecule has 0 saturated carbocycles. The van der Waals surface area contributed by atoms with E-state index in [-0.39, 0.29) is 24.5 Å². The van der Waals surface area contributed by atoms with Gasteiger partial charge in [0.25, 0.3) is 0 Å². The van der Waals surface area contributed by atoms with Gasteiger partial charge in [-0.05, 0) is 42.3 Å². The Hall–Kier alpha value is -2.05. The number of hydrogen-bond acceptors (Lipinski definition) is 5. The molecule has 7 heteroatoms. The number of nitrogens with one attached hydrogen (secondary N) is 1. The number of ether oxygens (including phenoxy) is 2. The van der Waals surface area contributed by atoms with E-state index >= 15 is 0 Å². The van der Waals surface area contributed by atoms with Crippen LogP contribution in [-0.4, -0.2) is 32.5 Å². The van der Waals surface area contributed by atoms with Gasteiger partial charge in [0, 0.05) is 19.4 Å². The zero-order valence-electron chi connectivity index (χ0n) is 14.1. The summed E-state index contributed by atoms with van der Waals surface area (Å²) in [4.78, 5) is 24.4. The molecule has 0 saturated heterocycles. The van der Waals surface area contributed by atoms with Crippen LogP contribution in [0.4, 0.5) is 0 Å². The van der Waals surface area contributed by atoms with Gasteiger partial charge in [-0.3, -0.25) is 9.59 Å². The SMILES string of the molecule is COc1ccc(OC)c(CCNC(=O)CCC(=O)c2ccc(Cl)s2)c1. The highest BCUT2D eigenvalue weighted by atomic mass is 35.5. The lowest BCUT2D eigenvalue weighted by atomic mass is 10.1. The normalized spacial score (nSPS) is 10.4. The molecule has 2 aromatic rings. The Labute approximate surface area is 155 Å². The van der Waals surface area contributed by atoms with Crippen LogP contribution < -0.4 is 14.8 Å². The number of carbonyl (C=O) groups excluding carboxylic acids is 2. The van der Waals surface area contributed by atoms with E-state index in [1.807, 2.05) is 18.2 Å². The van der Waals surface area contributed by atoms with Gasteiger partial charge in [0.1, 0.15) is 11.5 Å². The predicted molar refractivity (Wildman–Crippen MR) is 99.2 cm³/mol. The number of carbonyl (C=O) groups is 2. The van der Waals surface area contributed by atoms with Crippen LogP contribution in [0.15, 0.2) is 30.3 Å². The van der Waals surface area contributed by atoms with Crippen molar-refractivity contribution in [3.63, 3.8) is 0 Å². The number of halogens is 1. The third kappa shape index (κ3) is 5.76. The van der Waals surface area contributed by atoms with Crippen LogP contribution in [0.5, 0.6) is 11.5 Å². The lowest BCUT2D eigenvalue weighted by molar-refractivity contribution is -0.121. The minimum Gasteiger partial charge on any atom is -0.497 e. The minimum absolute atomic E-state index is 0.0680. The molecule has 0 fully saturated rings. The fraction of sp³-hybridized carbons (Fsp3) is 0.333. The summed E-state index contributed by atoms with van der Waals surface area (Å²) in [5.41, 5.74) is 0.950. The smallest absolute Gasteiger partial charge is 0.220 e. The molecule has 0 aliphatic rings. The number of thiophene rings is 1. The second-order valence-corrected chi connectivity index (χ2v) is 7.02. The Bertz CT molecular complexity index is 744. The fourth-order valence-corrected chi connectivity index (χ4v) is 3.33. The van der Waals surface area contributed by atoms with Gasteiger partial charge in [-0.2, -0.15) is 0 Å². The van der Waals surface area contributed by atoms with Gasteiger partial charge < -0.3 is 14.8 Å². The molecule has 0 aliphatic heterocycles. The van der Waals surface area contributed by atoms with Gasteiger partial charge in [-0.15, -0.1) is 11.3 Å². The molecule has 0 bridgehead atoms. The monoisotopic (exact) mass is 381 g/mol. The Kier molecular flexibility index (Phi) is 7.28. The molecule has 5 nitrogen and oxygen atoms in total. The molecule has 1 amide bonds. The maximum absolute atomic E-state index is 12.0. The molecule has 1 heterocycles.